The fourth-order valence-electron chi connectivity index (χ4n) is 3.89. The highest BCUT2D eigenvalue weighted by Crippen LogP contribution is 2.26. The zero-order valence-corrected chi connectivity index (χ0v) is 18.6. The van der Waals surface area contributed by atoms with E-state index in [9.17, 15) is 9.59 Å². The van der Waals surface area contributed by atoms with Crippen LogP contribution in [0.25, 0.3) is 10.9 Å². The van der Waals surface area contributed by atoms with Gasteiger partial charge in [0.15, 0.2) is 0 Å². The number of aromatic carboxylic acids is 1. The van der Waals surface area contributed by atoms with E-state index in [2.05, 4.69) is 16.0 Å². The minimum absolute atomic E-state index is 0.180. The number of benzene rings is 3. The third-order valence-corrected chi connectivity index (χ3v) is 5.88. The average molecular weight is 447 g/mol. The molecule has 3 aromatic carbocycles. The summed E-state index contributed by atoms with van der Waals surface area (Å²) in [5, 5.41) is 13.8. The number of fused-ring (bicyclic) bond motifs is 1. The third kappa shape index (κ3) is 4.39. The lowest BCUT2D eigenvalue weighted by Gasteiger charge is -2.16. The Morgan fingerprint density at radius 3 is 2.38 bits per heavy atom. The molecule has 0 aliphatic heterocycles. The third-order valence-electron chi connectivity index (χ3n) is 5.63. The number of carbonyl (C=O) groups excluding carboxylic acids is 1. The van der Waals surface area contributed by atoms with Crippen LogP contribution in [-0.2, 0) is 6.54 Å². The van der Waals surface area contributed by atoms with Crippen molar-refractivity contribution in [2.75, 3.05) is 0 Å². The van der Waals surface area contributed by atoms with Crippen LogP contribution in [0.2, 0.25) is 5.02 Å². The van der Waals surface area contributed by atoms with Crippen LogP contribution in [0.4, 0.5) is 0 Å². The number of hydrogen-bond acceptors (Lipinski definition) is 2. The fourth-order valence-corrected chi connectivity index (χ4v) is 4.02. The van der Waals surface area contributed by atoms with E-state index in [0.717, 1.165) is 27.7 Å². The molecule has 0 bridgehead atoms. The van der Waals surface area contributed by atoms with Gasteiger partial charge >= 0.3 is 5.97 Å². The number of nitrogens with zero attached hydrogens (tertiary/aromatic N) is 1. The number of para-hydroxylation sites is 1. The van der Waals surface area contributed by atoms with E-state index in [1.165, 1.54) is 0 Å². The Morgan fingerprint density at radius 2 is 1.72 bits per heavy atom. The summed E-state index contributed by atoms with van der Waals surface area (Å²) in [6.07, 6.45) is 0. The summed E-state index contributed by atoms with van der Waals surface area (Å²) in [7, 11) is 0. The normalized spacial score (nSPS) is 12.0. The van der Waals surface area contributed by atoms with Gasteiger partial charge in [0.1, 0.15) is 0 Å². The van der Waals surface area contributed by atoms with Gasteiger partial charge in [0, 0.05) is 22.6 Å². The molecule has 0 saturated carbocycles. The summed E-state index contributed by atoms with van der Waals surface area (Å²) in [5.41, 5.74) is 4.69. The number of halogens is 1. The lowest BCUT2D eigenvalue weighted by atomic mass is 10.0. The van der Waals surface area contributed by atoms with Gasteiger partial charge in [-0.25, -0.2) is 4.79 Å². The first-order valence-corrected chi connectivity index (χ1v) is 10.7. The average Bonchev–Trinajstić information content (AvgIpc) is 3.10. The molecule has 4 rings (SSSR count). The number of nitrogens with one attached hydrogen (secondary N) is 1. The number of aromatic nitrogens is 1. The summed E-state index contributed by atoms with van der Waals surface area (Å²) in [4.78, 5) is 24.3. The smallest absolute Gasteiger partial charge is 0.335 e. The van der Waals surface area contributed by atoms with E-state index < -0.39 is 5.97 Å². The van der Waals surface area contributed by atoms with Crippen molar-refractivity contribution < 1.29 is 14.7 Å². The second kappa shape index (κ2) is 8.89. The van der Waals surface area contributed by atoms with E-state index in [-0.39, 0.29) is 17.5 Å². The first-order valence-electron chi connectivity index (χ1n) is 10.3. The van der Waals surface area contributed by atoms with Crippen molar-refractivity contribution in [1.29, 1.82) is 0 Å². The molecule has 162 valence electrons. The van der Waals surface area contributed by atoms with Gasteiger partial charge in [-0.15, -0.1) is 0 Å². The van der Waals surface area contributed by atoms with Gasteiger partial charge < -0.3 is 15.0 Å². The van der Waals surface area contributed by atoms with Gasteiger partial charge in [0.25, 0.3) is 5.91 Å². The molecule has 0 spiro atoms. The Balaban J connectivity index is 1.63. The summed E-state index contributed by atoms with van der Waals surface area (Å²) < 4.78 is 2.14. The molecule has 1 heterocycles. The molecule has 0 aliphatic carbocycles. The molecule has 1 amide bonds. The van der Waals surface area contributed by atoms with Gasteiger partial charge in [-0.3, -0.25) is 4.79 Å². The number of amides is 1. The quantitative estimate of drug-likeness (QED) is 0.390. The number of aryl methyl sites for hydroxylation is 1. The molecule has 1 aromatic heterocycles. The molecule has 0 radical (unpaired) electrons. The van der Waals surface area contributed by atoms with E-state index in [0.29, 0.717) is 17.1 Å². The molecule has 32 heavy (non-hydrogen) atoms. The second-order valence-corrected chi connectivity index (χ2v) is 8.30. The van der Waals surface area contributed by atoms with E-state index in [1.54, 1.807) is 24.3 Å². The standard InChI is InChI=1S/C26H23ClN2O3/c1-16-14-21-4-3-5-23(24(21)29(16)15-18-6-12-22(27)13-7-18)25(30)28-17(2)19-8-10-20(11-9-19)26(31)32/h3-14,17H,15H2,1-2H3,(H,28,30)(H,31,32)/t17-/m0/s1. The van der Waals surface area contributed by atoms with Gasteiger partial charge in [0.2, 0.25) is 0 Å². The molecule has 0 unspecified atom stereocenters. The summed E-state index contributed by atoms with van der Waals surface area (Å²) in [6, 6.07) is 21.8. The van der Waals surface area contributed by atoms with Crippen LogP contribution in [0.5, 0.6) is 0 Å². The van der Waals surface area contributed by atoms with Crippen LogP contribution in [-0.4, -0.2) is 21.6 Å². The molecule has 0 fully saturated rings. The molecule has 2 N–H and O–H groups in total. The highest BCUT2D eigenvalue weighted by molar-refractivity contribution is 6.30. The lowest BCUT2D eigenvalue weighted by molar-refractivity contribution is 0.0696. The predicted molar refractivity (Wildman–Crippen MR) is 127 cm³/mol. The first-order chi connectivity index (χ1) is 15.3. The molecule has 1 atom stereocenters. The van der Waals surface area contributed by atoms with Crippen molar-refractivity contribution in [3.8, 4) is 0 Å². The lowest BCUT2D eigenvalue weighted by Crippen LogP contribution is -2.27. The SMILES string of the molecule is Cc1cc2cccc(C(=O)N[C@@H](C)c3ccc(C(=O)O)cc3)c2n1Cc1ccc(Cl)cc1. The van der Waals surface area contributed by atoms with Crippen LogP contribution >= 0.6 is 11.6 Å². The van der Waals surface area contributed by atoms with Crippen LogP contribution in [0.3, 0.4) is 0 Å². The first kappa shape index (κ1) is 21.7. The van der Waals surface area contributed by atoms with E-state index in [4.69, 9.17) is 16.7 Å². The Bertz CT molecular complexity index is 1290. The van der Waals surface area contributed by atoms with Crippen molar-refractivity contribution in [2.24, 2.45) is 0 Å². The fraction of sp³-hybridized carbons (Fsp3) is 0.154. The number of rotatable bonds is 6. The van der Waals surface area contributed by atoms with Crippen molar-refractivity contribution in [1.82, 2.24) is 9.88 Å². The molecular weight excluding hydrogens is 424 g/mol. The number of carboxylic acids is 1. The Hall–Kier alpha value is -3.57. The minimum Gasteiger partial charge on any atom is -0.478 e. The molecule has 0 aliphatic rings. The van der Waals surface area contributed by atoms with Gasteiger partial charge in [-0.1, -0.05) is 48.0 Å². The van der Waals surface area contributed by atoms with Gasteiger partial charge in [0.05, 0.1) is 22.7 Å². The summed E-state index contributed by atoms with van der Waals surface area (Å²) in [6.45, 7) is 4.54. The molecule has 5 nitrogen and oxygen atoms in total. The summed E-state index contributed by atoms with van der Waals surface area (Å²) in [5.74, 6) is -1.15. The van der Waals surface area contributed by atoms with Crippen molar-refractivity contribution in [2.45, 2.75) is 26.4 Å². The molecule has 4 aromatic rings. The highest BCUT2D eigenvalue weighted by Gasteiger charge is 2.18. The van der Waals surface area contributed by atoms with Crippen LogP contribution in [0.15, 0.2) is 72.8 Å². The van der Waals surface area contributed by atoms with Crippen LogP contribution in [0.1, 0.15) is 50.5 Å². The maximum atomic E-state index is 13.2. The van der Waals surface area contributed by atoms with Gasteiger partial charge in [-0.05, 0) is 61.4 Å². The number of carboxylic acid groups (broad SMARTS) is 1. The highest BCUT2D eigenvalue weighted by atomic mass is 35.5. The van der Waals surface area contributed by atoms with Crippen molar-refractivity contribution >= 4 is 34.4 Å². The Labute approximate surface area is 191 Å². The van der Waals surface area contributed by atoms with Crippen molar-refractivity contribution in [3.05, 3.63) is 106 Å². The minimum atomic E-state index is -0.975. The number of hydrogen-bond donors (Lipinski definition) is 2. The van der Waals surface area contributed by atoms with Crippen molar-refractivity contribution in [3.63, 3.8) is 0 Å². The summed E-state index contributed by atoms with van der Waals surface area (Å²) >= 11 is 6.02. The molecule has 6 heteroatoms. The second-order valence-electron chi connectivity index (χ2n) is 7.86. The Kier molecular flexibility index (Phi) is 6.01. The zero-order chi connectivity index (χ0) is 22.8. The van der Waals surface area contributed by atoms with Gasteiger partial charge in [-0.2, -0.15) is 0 Å². The largest absolute Gasteiger partial charge is 0.478 e. The number of carbonyl (C=O) groups is 2. The maximum Gasteiger partial charge on any atom is 0.335 e. The molecular formula is C26H23ClN2O3. The zero-order valence-electron chi connectivity index (χ0n) is 17.8. The van der Waals surface area contributed by atoms with Crippen LogP contribution < -0.4 is 5.32 Å². The Morgan fingerprint density at radius 1 is 1.03 bits per heavy atom. The van der Waals surface area contributed by atoms with E-state index in [1.807, 2.05) is 56.3 Å². The van der Waals surface area contributed by atoms with E-state index >= 15 is 0 Å². The molecule has 0 saturated heterocycles. The maximum absolute atomic E-state index is 13.2. The monoisotopic (exact) mass is 446 g/mol. The van der Waals surface area contributed by atoms with Crippen LogP contribution in [0, 0.1) is 6.92 Å². The topological polar surface area (TPSA) is 71.3 Å². The predicted octanol–water partition coefficient (Wildman–Crippen LogP) is 5.84.